The van der Waals surface area contributed by atoms with Crippen LogP contribution >= 0.6 is 11.8 Å². The van der Waals surface area contributed by atoms with Crippen LogP contribution in [-0.4, -0.2) is 39.8 Å². The van der Waals surface area contributed by atoms with Gasteiger partial charge in [0.15, 0.2) is 5.78 Å². The quantitative estimate of drug-likeness (QED) is 0.739. The Morgan fingerprint density at radius 1 is 1.25 bits per heavy atom. The van der Waals surface area contributed by atoms with Crippen LogP contribution in [0.1, 0.15) is 58.5 Å². The van der Waals surface area contributed by atoms with Crippen molar-refractivity contribution < 1.29 is 19.4 Å². The summed E-state index contributed by atoms with van der Waals surface area (Å²) in [5.74, 6) is 0.501. The molecule has 136 valence electrons. The second-order valence-electron chi connectivity index (χ2n) is 6.28. The van der Waals surface area contributed by atoms with Gasteiger partial charge in [-0.05, 0) is 45.4 Å². The molecule has 5 nitrogen and oxygen atoms in total. The topological polar surface area (TPSA) is 66.8 Å². The molecule has 24 heavy (non-hydrogen) atoms. The number of fused-ring (bicyclic) bond motifs is 1. The number of ether oxygens (including phenoxy) is 1. The van der Waals surface area contributed by atoms with Gasteiger partial charge in [0.2, 0.25) is 0 Å². The van der Waals surface area contributed by atoms with Crippen molar-refractivity contribution in [3.63, 3.8) is 0 Å². The molecule has 0 radical (unpaired) electrons. The van der Waals surface area contributed by atoms with Crippen molar-refractivity contribution in [1.29, 1.82) is 0 Å². The molecule has 1 aromatic carbocycles. The van der Waals surface area contributed by atoms with Gasteiger partial charge in [-0.15, -0.1) is 11.8 Å². The zero-order valence-corrected chi connectivity index (χ0v) is 14.1. The van der Waals surface area contributed by atoms with Crippen molar-refractivity contribution in [3.8, 4) is 5.75 Å². The first-order valence-corrected chi connectivity index (χ1v) is 8.13. The van der Waals surface area contributed by atoms with E-state index in [0.717, 1.165) is 10.5 Å². The molecule has 1 heterocycles. The second kappa shape index (κ2) is 8.42. The van der Waals surface area contributed by atoms with E-state index in [1.54, 1.807) is 28.8 Å². The second-order valence-corrected chi connectivity index (χ2v) is 7.42. The van der Waals surface area contributed by atoms with E-state index in [9.17, 15) is 14.7 Å². The number of amides is 1. The highest BCUT2D eigenvalue weighted by Gasteiger charge is 2.25. The lowest BCUT2D eigenvalue weighted by atomic mass is 10.1. The summed E-state index contributed by atoms with van der Waals surface area (Å²) in [6.07, 6.45) is -0.365. The van der Waals surface area contributed by atoms with Gasteiger partial charge in [-0.25, -0.2) is 4.79 Å². The number of hydrogen-bond donors (Lipinski definition) is 1. The normalized spacial score (nSPS) is 13.8. The molecule has 0 saturated carbocycles. The smallest absolute Gasteiger partial charge is 0.410 e. The molecule has 1 aromatic rings. The van der Waals surface area contributed by atoms with E-state index in [2.05, 4.69) is 0 Å². The molecule has 0 aliphatic carbocycles. The first-order chi connectivity index (χ1) is 10.2. The molecule has 0 saturated heterocycles. The summed E-state index contributed by atoms with van der Waals surface area (Å²) in [6.45, 7) is 7.84. The highest BCUT2D eigenvalue weighted by molar-refractivity contribution is 7.99. The molecule has 1 amide bonds. The van der Waals surface area contributed by atoms with Crippen molar-refractivity contribution in [2.45, 2.75) is 59.6 Å². The van der Waals surface area contributed by atoms with E-state index in [0.29, 0.717) is 24.4 Å². The fourth-order valence-electron chi connectivity index (χ4n) is 2.18. The fourth-order valence-corrected chi connectivity index (χ4v) is 3.23. The number of aromatic hydroxyl groups is 1. The van der Waals surface area contributed by atoms with Crippen LogP contribution in [0.15, 0.2) is 17.0 Å². The lowest BCUT2D eigenvalue weighted by Crippen LogP contribution is -2.37. The van der Waals surface area contributed by atoms with E-state index in [1.807, 2.05) is 20.8 Å². The van der Waals surface area contributed by atoms with E-state index in [-0.39, 0.29) is 32.5 Å². The van der Waals surface area contributed by atoms with Crippen LogP contribution in [0.4, 0.5) is 4.79 Å². The Kier molecular flexibility index (Phi) is 7.83. The minimum Gasteiger partial charge on any atom is -0.507 e. The predicted octanol–water partition coefficient (Wildman–Crippen LogP) is 4.71. The number of thioether (sulfide) groups is 1. The molecule has 0 atom stereocenters. The van der Waals surface area contributed by atoms with E-state index in [1.165, 1.54) is 6.92 Å². The maximum atomic E-state index is 12.2. The zero-order chi connectivity index (χ0) is 16.5. The van der Waals surface area contributed by atoms with Crippen molar-refractivity contribution in [2.24, 2.45) is 0 Å². The third kappa shape index (κ3) is 5.44. The summed E-state index contributed by atoms with van der Waals surface area (Å²) in [4.78, 5) is 26.3. The Hall–Kier alpha value is -1.69. The van der Waals surface area contributed by atoms with Crippen LogP contribution in [0.3, 0.4) is 0 Å². The molecule has 0 bridgehead atoms. The van der Waals surface area contributed by atoms with Crippen LogP contribution < -0.4 is 0 Å². The number of hydrogen-bond acceptors (Lipinski definition) is 5. The van der Waals surface area contributed by atoms with E-state index >= 15 is 0 Å². The molecular weight excluding hydrogens is 326 g/mol. The number of nitrogens with zero attached hydrogens (tertiary/aromatic N) is 1. The molecule has 2 rings (SSSR count). The number of benzene rings is 1. The lowest BCUT2D eigenvalue weighted by molar-refractivity contribution is 0.0246. The van der Waals surface area contributed by atoms with Gasteiger partial charge in [0, 0.05) is 17.2 Å². The van der Waals surface area contributed by atoms with E-state index < -0.39 is 5.60 Å². The average molecular weight is 356 g/mol. The summed E-state index contributed by atoms with van der Waals surface area (Å²) in [5, 5.41) is 9.98. The minimum atomic E-state index is -0.542. The number of phenolic OH excluding ortho intramolecular Hbond substituents is 1. The van der Waals surface area contributed by atoms with Crippen molar-refractivity contribution in [3.05, 3.63) is 23.3 Å². The standard InChI is InChI=1S/C16H21NO4S.2CH4/c1-10(18)12-8-14-11(7-13(12)19)9-17(5-6-22-14)15(20)21-16(2,3)4;;/h7-8,19H,5-6,9H2,1-4H3;2*1H4. The SMILES string of the molecule is C.C.CC(=O)c1cc2c(cc1O)CN(C(=O)OC(C)(C)C)CCS2. The van der Waals surface area contributed by atoms with Crippen molar-refractivity contribution in [1.82, 2.24) is 4.90 Å². The number of carbonyl (C=O) groups excluding carboxylic acids is 2. The third-order valence-corrected chi connectivity index (χ3v) is 4.27. The van der Waals surface area contributed by atoms with Crippen molar-refractivity contribution >= 4 is 23.6 Å². The maximum Gasteiger partial charge on any atom is 0.410 e. The first kappa shape index (κ1) is 22.3. The Balaban J connectivity index is 0.00000264. The molecule has 0 unspecified atom stereocenters. The number of carbonyl (C=O) groups is 2. The van der Waals surface area contributed by atoms with Crippen molar-refractivity contribution in [2.75, 3.05) is 12.3 Å². The molecule has 0 fully saturated rings. The lowest BCUT2D eigenvalue weighted by Gasteiger charge is -2.26. The first-order valence-electron chi connectivity index (χ1n) is 7.15. The summed E-state index contributed by atoms with van der Waals surface area (Å²) >= 11 is 1.58. The molecule has 1 N–H and O–H groups in total. The fraction of sp³-hybridized carbons (Fsp3) is 0.556. The van der Waals surface area contributed by atoms with Gasteiger partial charge in [-0.2, -0.15) is 0 Å². The molecule has 0 aromatic heterocycles. The van der Waals surface area contributed by atoms with Crippen LogP contribution in [-0.2, 0) is 11.3 Å². The number of Topliss-reactive ketones (excluding diaryl/α,β-unsaturated/α-hetero) is 1. The average Bonchev–Trinajstić information content (AvgIpc) is 2.57. The third-order valence-electron chi connectivity index (χ3n) is 3.19. The van der Waals surface area contributed by atoms with Gasteiger partial charge in [0.25, 0.3) is 0 Å². The van der Waals surface area contributed by atoms with Gasteiger partial charge in [-0.1, -0.05) is 14.9 Å². The summed E-state index contributed by atoms with van der Waals surface area (Å²) in [5.41, 5.74) is 0.604. The molecule has 1 aliphatic rings. The summed E-state index contributed by atoms with van der Waals surface area (Å²) in [6, 6.07) is 3.28. The van der Waals surface area contributed by atoms with Crippen LogP contribution in [0.5, 0.6) is 5.75 Å². The highest BCUT2D eigenvalue weighted by atomic mass is 32.2. The molecule has 0 spiro atoms. The summed E-state index contributed by atoms with van der Waals surface area (Å²) in [7, 11) is 0. The van der Waals surface area contributed by atoms with Crippen LogP contribution in [0.2, 0.25) is 0 Å². The Bertz CT molecular complexity index is 608. The Morgan fingerprint density at radius 3 is 2.42 bits per heavy atom. The largest absolute Gasteiger partial charge is 0.507 e. The van der Waals surface area contributed by atoms with Gasteiger partial charge in [0.1, 0.15) is 11.4 Å². The van der Waals surface area contributed by atoms with Gasteiger partial charge < -0.3 is 14.7 Å². The van der Waals surface area contributed by atoms with Gasteiger partial charge in [-0.3, -0.25) is 4.79 Å². The van der Waals surface area contributed by atoms with Gasteiger partial charge >= 0.3 is 6.09 Å². The monoisotopic (exact) mass is 355 g/mol. The van der Waals surface area contributed by atoms with E-state index in [4.69, 9.17) is 4.74 Å². The van der Waals surface area contributed by atoms with Crippen LogP contribution in [0, 0.1) is 0 Å². The number of rotatable bonds is 1. The number of ketones is 1. The van der Waals surface area contributed by atoms with Gasteiger partial charge in [0.05, 0.1) is 12.1 Å². The Labute approximate surface area is 149 Å². The molecular formula is C18H29NO4S. The molecule has 1 aliphatic heterocycles. The Morgan fingerprint density at radius 2 is 1.88 bits per heavy atom. The summed E-state index contributed by atoms with van der Waals surface area (Å²) < 4.78 is 5.40. The predicted molar refractivity (Wildman–Crippen MR) is 98.9 cm³/mol. The van der Waals surface area contributed by atoms with Crippen LogP contribution in [0.25, 0.3) is 0 Å². The zero-order valence-electron chi connectivity index (χ0n) is 13.3. The number of phenols is 1. The minimum absolute atomic E-state index is 0. The molecule has 6 heteroatoms. The highest BCUT2D eigenvalue weighted by Crippen LogP contribution is 2.33. The maximum absolute atomic E-state index is 12.2.